The first-order valence-electron chi connectivity index (χ1n) is 6.55. The molecular formula is C16H15BrN2OS. The zero-order chi connectivity index (χ0) is 15.2. The Balaban J connectivity index is 1.96. The van der Waals surface area contributed by atoms with Crippen LogP contribution in [0.3, 0.4) is 0 Å². The highest BCUT2D eigenvalue weighted by molar-refractivity contribution is 9.10. The highest BCUT2D eigenvalue weighted by Crippen LogP contribution is 2.15. The summed E-state index contributed by atoms with van der Waals surface area (Å²) < 4.78 is 0.941. The molecule has 0 aliphatic rings. The quantitative estimate of drug-likeness (QED) is 0.806. The molecule has 0 saturated carbocycles. The number of hydrogen-bond acceptors (Lipinski definition) is 2. The van der Waals surface area contributed by atoms with Gasteiger partial charge in [0.1, 0.15) is 0 Å². The van der Waals surface area contributed by atoms with Gasteiger partial charge >= 0.3 is 0 Å². The van der Waals surface area contributed by atoms with E-state index in [2.05, 4.69) is 33.5 Å². The second-order valence-electron chi connectivity index (χ2n) is 4.47. The van der Waals surface area contributed by atoms with E-state index in [1.54, 1.807) is 12.1 Å². The lowest BCUT2D eigenvalue weighted by atomic mass is 10.1. The van der Waals surface area contributed by atoms with Gasteiger partial charge < -0.3 is 5.32 Å². The number of thiocarbonyl (C=S) groups is 1. The first kappa shape index (κ1) is 15.7. The minimum absolute atomic E-state index is 0.217. The lowest BCUT2D eigenvalue weighted by Gasteiger charge is -2.10. The molecule has 0 radical (unpaired) electrons. The molecule has 1 amide bonds. The Labute approximate surface area is 137 Å². The van der Waals surface area contributed by atoms with E-state index < -0.39 is 0 Å². The van der Waals surface area contributed by atoms with Crippen LogP contribution in [0, 0.1) is 0 Å². The summed E-state index contributed by atoms with van der Waals surface area (Å²) in [6, 6.07) is 15.1. The van der Waals surface area contributed by atoms with Crippen LogP contribution in [0.5, 0.6) is 0 Å². The van der Waals surface area contributed by atoms with Gasteiger partial charge in [0.2, 0.25) is 0 Å². The third kappa shape index (κ3) is 4.65. The Bertz CT molecular complexity index is 656. The number of carbonyl (C=O) groups is 1. The molecule has 0 aliphatic carbocycles. The fourth-order valence-corrected chi connectivity index (χ4v) is 2.41. The lowest BCUT2D eigenvalue weighted by Crippen LogP contribution is -2.34. The maximum absolute atomic E-state index is 12.1. The first-order valence-corrected chi connectivity index (χ1v) is 7.75. The predicted molar refractivity (Wildman–Crippen MR) is 93.6 cm³/mol. The Morgan fingerprint density at radius 1 is 1.19 bits per heavy atom. The fraction of sp³-hybridized carbons (Fsp3) is 0.125. The average Bonchev–Trinajstić information content (AvgIpc) is 2.47. The van der Waals surface area contributed by atoms with Crippen LogP contribution < -0.4 is 10.6 Å². The first-order chi connectivity index (χ1) is 10.1. The van der Waals surface area contributed by atoms with Gasteiger partial charge in [0.05, 0.1) is 0 Å². The Hall–Kier alpha value is -1.72. The van der Waals surface area contributed by atoms with Crippen LogP contribution in [0.4, 0.5) is 5.69 Å². The van der Waals surface area contributed by atoms with Crippen molar-refractivity contribution >= 4 is 44.9 Å². The van der Waals surface area contributed by atoms with Crippen LogP contribution in [0.2, 0.25) is 0 Å². The van der Waals surface area contributed by atoms with Gasteiger partial charge in [0.15, 0.2) is 5.11 Å². The Morgan fingerprint density at radius 2 is 1.90 bits per heavy atom. The smallest absolute Gasteiger partial charge is 0.257 e. The van der Waals surface area contributed by atoms with Crippen molar-refractivity contribution in [2.24, 2.45) is 0 Å². The van der Waals surface area contributed by atoms with Gasteiger partial charge in [-0.1, -0.05) is 41.1 Å². The molecule has 5 heteroatoms. The van der Waals surface area contributed by atoms with E-state index in [-0.39, 0.29) is 11.0 Å². The number of aryl methyl sites for hydroxylation is 1. The summed E-state index contributed by atoms with van der Waals surface area (Å²) in [6.07, 6.45) is 0.949. The molecule has 2 aromatic carbocycles. The van der Waals surface area contributed by atoms with Gasteiger partial charge in [0.25, 0.3) is 5.91 Å². The van der Waals surface area contributed by atoms with Crippen molar-refractivity contribution in [3.8, 4) is 0 Å². The molecule has 2 N–H and O–H groups in total. The minimum Gasteiger partial charge on any atom is -0.332 e. The second kappa shape index (κ2) is 7.33. The van der Waals surface area contributed by atoms with Crippen LogP contribution in [-0.4, -0.2) is 11.0 Å². The number of anilines is 1. The van der Waals surface area contributed by atoms with Crippen molar-refractivity contribution in [3.63, 3.8) is 0 Å². The van der Waals surface area contributed by atoms with E-state index in [0.717, 1.165) is 16.6 Å². The molecule has 0 heterocycles. The van der Waals surface area contributed by atoms with Crippen molar-refractivity contribution < 1.29 is 4.79 Å². The molecule has 3 nitrogen and oxygen atoms in total. The topological polar surface area (TPSA) is 41.1 Å². The van der Waals surface area contributed by atoms with Gasteiger partial charge in [-0.3, -0.25) is 10.1 Å². The van der Waals surface area contributed by atoms with Crippen LogP contribution in [0.25, 0.3) is 0 Å². The Morgan fingerprint density at radius 3 is 2.52 bits per heavy atom. The fourth-order valence-electron chi connectivity index (χ4n) is 1.80. The summed E-state index contributed by atoms with van der Waals surface area (Å²) in [7, 11) is 0. The number of carbonyl (C=O) groups excluding carboxylic acids is 1. The SMILES string of the molecule is CCc1ccc(C(=O)NC(=S)Nc2cccc(Br)c2)cc1. The van der Waals surface area contributed by atoms with Crippen molar-refractivity contribution in [1.82, 2.24) is 5.32 Å². The van der Waals surface area contributed by atoms with Crippen molar-refractivity contribution in [2.45, 2.75) is 13.3 Å². The standard InChI is InChI=1S/C16H15BrN2OS/c1-2-11-6-8-12(9-7-11)15(20)19-16(21)18-14-5-3-4-13(17)10-14/h3-10H,2H2,1H3,(H2,18,19,20,21). The summed E-state index contributed by atoms with van der Waals surface area (Å²) in [6.45, 7) is 2.08. The summed E-state index contributed by atoms with van der Waals surface area (Å²) in [5.74, 6) is -0.217. The maximum atomic E-state index is 12.1. The van der Waals surface area contributed by atoms with Crippen LogP contribution >= 0.6 is 28.1 Å². The summed E-state index contributed by atoms with van der Waals surface area (Å²) in [5.41, 5.74) is 2.60. The predicted octanol–water partition coefficient (Wildman–Crippen LogP) is 4.14. The van der Waals surface area contributed by atoms with Crippen molar-refractivity contribution in [2.75, 3.05) is 5.32 Å². The molecule has 0 spiro atoms. The zero-order valence-corrected chi connectivity index (χ0v) is 13.9. The normalized spacial score (nSPS) is 10.0. The molecule has 108 valence electrons. The molecule has 0 aliphatic heterocycles. The number of benzene rings is 2. The van der Waals surface area contributed by atoms with Crippen LogP contribution in [-0.2, 0) is 6.42 Å². The van der Waals surface area contributed by atoms with Crippen LogP contribution in [0.15, 0.2) is 53.0 Å². The maximum Gasteiger partial charge on any atom is 0.257 e. The monoisotopic (exact) mass is 362 g/mol. The molecule has 0 atom stereocenters. The molecule has 0 aromatic heterocycles. The zero-order valence-electron chi connectivity index (χ0n) is 11.5. The molecular weight excluding hydrogens is 348 g/mol. The lowest BCUT2D eigenvalue weighted by molar-refractivity contribution is 0.0977. The van der Waals surface area contributed by atoms with Gasteiger partial charge in [-0.05, 0) is 54.5 Å². The second-order valence-corrected chi connectivity index (χ2v) is 5.79. The molecule has 2 rings (SSSR count). The molecule has 2 aromatic rings. The highest BCUT2D eigenvalue weighted by Gasteiger charge is 2.07. The Kier molecular flexibility index (Phi) is 5.47. The van der Waals surface area contributed by atoms with E-state index in [4.69, 9.17) is 12.2 Å². The molecule has 0 fully saturated rings. The molecule has 0 unspecified atom stereocenters. The minimum atomic E-state index is -0.217. The average molecular weight is 363 g/mol. The van der Waals surface area contributed by atoms with E-state index in [1.165, 1.54) is 5.56 Å². The number of amides is 1. The van der Waals surface area contributed by atoms with Crippen molar-refractivity contribution in [3.05, 3.63) is 64.1 Å². The van der Waals surface area contributed by atoms with Gasteiger partial charge in [-0.15, -0.1) is 0 Å². The highest BCUT2D eigenvalue weighted by atomic mass is 79.9. The number of nitrogens with one attached hydrogen (secondary N) is 2. The van der Waals surface area contributed by atoms with Crippen molar-refractivity contribution in [1.29, 1.82) is 0 Å². The number of hydrogen-bond donors (Lipinski definition) is 2. The third-order valence-electron chi connectivity index (χ3n) is 2.93. The van der Waals surface area contributed by atoms with E-state index in [0.29, 0.717) is 5.56 Å². The van der Waals surface area contributed by atoms with Gasteiger partial charge in [-0.2, -0.15) is 0 Å². The largest absolute Gasteiger partial charge is 0.332 e. The summed E-state index contributed by atoms with van der Waals surface area (Å²) in [5, 5.41) is 5.92. The number of halogens is 1. The van der Waals surface area contributed by atoms with Crippen LogP contribution in [0.1, 0.15) is 22.8 Å². The molecule has 0 bridgehead atoms. The summed E-state index contributed by atoms with van der Waals surface area (Å²) in [4.78, 5) is 12.1. The molecule has 0 saturated heterocycles. The van der Waals surface area contributed by atoms with E-state index in [1.807, 2.05) is 36.4 Å². The number of rotatable bonds is 3. The van der Waals surface area contributed by atoms with E-state index >= 15 is 0 Å². The van der Waals surface area contributed by atoms with E-state index in [9.17, 15) is 4.79 Å². The van der Waals surface area contributed by atoms with Gasteiger partial charge in [-0.25, -0.2) is 0 Å². The third-order valence-corrected chi connectivity index (χ3v) is 3.63. The van der Waals surface area contributed by atoms with Gasteiger partial charge in [0, 0.05) is 15.7 Å². The summed E-state index contributed by atoms with van der Waals surface area (Å²) >= 11 is 8.53. The molecule has 21 heavy (non-hydrogen) atoms.